The number of carbonyl (C=O) groups is 1. The number of aromatic hydroxyl groups is 1. The average Bonchev–Trinajstić information content (AvgIpc) is 3.20. The minimum atomic E-state index is -0.404. The summed E-state index contributed by atoms with van der Waals surface area (Å²) in [5.74, 6) is 1.46. The largest absolute Gasteiger partial charge is 0.507 e. The first-order chi connectivity index (χ1) is 13.1. The van der Waals surface area contributed by atoms with Crippen molar-refractivity contribution in [2.24, 2.45) is 22.7 Å². The first-order valence-corrected chi connectivity index (χ1v) is 10.6. The number of aliphatic hydroxyl groups is 1. The van der Waals surface area contributed by atoms with Crippen molar-refractivity contribution in [3.63, 3.8) is 0 Å². The summed E-state index contributed by atoms with van der Waals surface area (Å²) in [4.78, 5) is 12.2. The minimum absolute atomic E-state index is 0.0917. The van der Waals surface area contributed by atoms with Crippen molar-refractivity contribution in [3.8, 4) is 11.5 Å². The zero-order valence-electron chi connectivity index (χ0n) is 17.3. The van der Waals surface area contributed by atoms with E-state index in [2.05, 4.69) is 33.0 Å². The van der Waals surface area contributed by atoms with Gasteiger partial charge in [0, 0.05) is 29.5 Å². The van der Waals surface area contributed by atoms with E-state index in [0.717, 1.165) is 31.2 Å². The van der Waals surface area contributed by atoms with E-state index in [1.54, 1.807) is 0 Å². The van der Waals surface area contributed by atoms with E-state index in [1.807, 2.05) is 6.07 Å². The maximum Gasteiger partial charge on any atom is 0.252 e. The molecule has 152 valence electrons. The van der Waals surface area contributed by atoms with E-state index >= 15 is 0 Å². The molecule has 5 heteroatoms. The molecule has 5 rings (SSSR count). The molecule has 1 unspecified atom stereocenters. The summed E-state index contributed by atoms with van der Waals surface area (Å²) < 4.78 is 6.78. The number of benzene rings is 1. The topological polar surface area (TPSA) is 78.8 Å². The van der Waals surface area contributed by atoms with E-state index in [4.69, 9.17) is 4.74 Å². The summed E-state index contributed by atoms with van der Waals surface area (Å²) in [7, 11) is 0. The molecule has 0 radical (unpaired) electrons. The molecular weight excluding hydrogens is 354 g/mol. The zero-order chi connectivity index (χ0) is 20.1. The highest BCUT2D eigenvalue weighted by molar-refractivity contribution is 6.00. The zero-order valence-corrected chi connectivity index (χ0v) is 17.3. The molecule has 1 spiro atoms. The fourth-order valence-corrected chi connectivity index (χ4v) is 7.17. The van der Waals surface area contributed by atoms with Crippen molar-refractivity contribution >= 4 is 5.91 Å². The highest BCUT2D eigenvalue weighted by atomic mass is 16.5. The number of hydrogen-bond donors (Lipinski definition) is 3. The van der Waals surface area contributed by atoms with E-state index in [9.17, 15) is 15.0 Å². The molecule has 1 amide bonds. The van der Waals surface area contributed by atoms with Gasteiger partial charge in [0.1, 0.15) is 17.1 Å². The Kier molecular flexibility index (Phi) is 3.55. The van der Waals surface area contributed by atoms with Crippen LogP contribution in [0.5, 0.6) is 11.5 Å². The Morgan fingerprint density at radius 1 is 1.18 bits per heavy atom. The molecule has 0 aromatic heterocycles. The third-order valence-electron chi connectivity index (χ3n) is 8.99. The molecule has 5 nitrogen and oxygen atoms in total. The molecule has 2 aliphatic heterocycles. The monoisotopic (exact) mass is 385 g/mol. The smallest absolute Gasteiger partial charge is 0.252 e. The third kappa shape index (κ3) is 1.99. The number of ether oxygens (including phenoxy) is 1. The Morgan fingerprint density at radius 3 is 2.68 bits per heavy atom. The molecular formula is C23H31NO4. The van der Waals surface area contributed by atoms with Crippen LogP contribution in [-0.4, -0.2) is 27.8 Å². The fourth-order valence-electron chi connectivity index (χ4n) is 7.17. The lowest BCUT2D eigenvalue weighted by atomic mass is 9.43. The summed E-state index contributed by atoms with van der Waals surface area (Å²) in [6.45, 7) is 9.38. The lowest BCUT2D eigenvalue weighted by molar-refractivity contribution is -0.210. The van der Waals surface area contributed by atoms with Crippen molar-refractivity contribution in [2.75, 3.05) is 0 Å². The number of phenols is 1. The predicted octanol–water partition coefficient (Wildman–Crippen LogP) is 3.54. The second kappa shape index (κ2) is 5.44. The van der Waals surface area contributed by atoms with Gasteiger partial charge in [-0.2, -0.15) is 0 Å². The summed E-state index contributed by atoms with van der Waals surface area (Å²) in [5.41, 5.74) is 1.44. The van der Waals surface area contributed by atoms with Crippen LogP contribution in [0.2, 0.25) is 0 Å². The Hall–Kier alpha value is -1.75. The molecule has 2 fully saturated rings. The van der Waals surface area contributed by atoms with Crippen LogP contribution in [0.3, 0.4) is 0 Å². The molecule has 3 N–H and O–H groups in total. The van der Waals surface area contributed by atoms with Gasteiger partial charge in [-0.05, 0) is 49.0 Å². The van der Waals surface area contributed by atoms with Crippen LogP contribution in [-0.2, 0) is 13.0 Å². The van der Waals surface area contributed by atoms with E-state index < -0.39 is 5.60 Å². The van der Waals surface area contributed by atoms with Gasteiger partial charge in [-0.3, -0.25) is 4.79 Å². The SMILES string of the molecule is C[C@@H]1CCC2C(C)(C)[C@H](O)CC[C@]2(C)[C@@]12Cc1c(cc3c(c1O)CNC3=O)O2. The van der Waals surface area contributed by atoms with Crippen LogP contribution in [0, 0.1) is 22.7 Å². The highest BCUT2D eigenvalue weighted by Gasteiger charge is 2.67. The predicted molar refractivity (Wildman–Crippen MR) is 105 cm³/mol. The van der Waals surface area contributed by atoms with Crippen molar-refractivity contribution in [1.82, 2.24) is 5.32 Å². The number of hydrogen-bond acceptors (Lipinski definition) is 4. The molecule has 5 atom stereocenters. The molecule has 0 bridgehead atoms. The molecule has 1 aromatic rings. The molecule has 2 heterocycles. The maximum atomic E-state index is 12.2. The van der Waals surface area contributed by atoms with Crippen LogP contribution in [0.1, 0.15) is 74.9 Å². The van der Waals surface area contributed by atoms with Gasteiger partial charge in [0.25, 0.3) is 5.91 Å². The van der Waals surface area contributed by atoms with Crippen LogP contribution >= 0.6 is 0 Å². The van der Waals surface area contributed by atoms with Crippen molar-refractivity contribution in [2.45, 2.75) is 78.0 Å². The van der Waals surface area contributed by atoms with E-state index in [-0.39, 0.29) is 28.6 Å². The molecule has 28 heavy (non-hydrogen) atoms. The van der Waals surface area contributed by atoms with Crippen molar-refractivity contribution < 1.29 is 19.7 Å². The molecule has 1 aromatic carbocycles. The van der Waals surface area contributed by atoms with Crippen LogP contribution in [0.25, 0.3) is 0 Å². The quantitative estimate of drug-likeness (QED) is 0.638. The number of phenolic OH excluding ortho intramolecular Hbond substituents is 1. The van der Waals surface area contributed by atoms with Gasteiger partial charge in [-0.25, -0.2) is 0 Å². The van der Waals surface area contributed by atoms with Crippen LogP contribution < -0.4 is 10.1 Å². The lowest BCUT2D eigenvalue weighted by Crippen LogP contribution is -2.66. The van der Waals surface area contributed by atoms with Gasteiger partial charge in [0.15, 0.2) is 0 Å². The Balaban J connectivity index is 1.63. The minimum Gasteiger partial charge on any atom is -0.507 e. The summed E-state index contributed by atoms with van der Waals surface area (Å²) >= 11 is 0. The van der Waals surface area contributed by atoms with E-state index in [1.165, 1.54) is 0 Å². The number of amides is 1. The Morgan fingerprint density at radius 2 is 1.93 bits per heavy atom. The van der Waals surface area contributed by atoms with Gasteiger partial charge in [-0.1, -0.05) is 27.7 Å². The van der Waals surface area contributed by atoms with Crippen LogP contribution in [0.4, 0.5) is 0 Å². The summed E-state index contributed by atoms with van der Waals surface area (Å²) in [6, 6.07) is 1.84. The van der Waals surface area contributed by atoms with Crippen LogP contribution in [0.15, 0.2) is 6.07 Å². The van der Waals surface area contributed by atoms with Gasteiger partial charge in [-0.15, -0.1) is 0 Å². The van der Waals surface area contributed by atoms with Crippen molar-refractivity contribution in [3.05, 3.63) is 22.8 Å². The van der Waals surface area contributed by atoms with Gasteiger partial charge in [0.2, 0.25) is 0 Å². The van der Waals surface area contributed by atoms with Gasteiger partial charge < -0.3 is 20.3 Å². The number of carbonyl (C=O) groups excluding carboxylic acids is 1. The van der Waals surface area contributed by atoms with Gasteiger partial charge >= 0.3 is 0 Å². The maximum absolute atomic E-state index is 12.2. The second-order valence-electron chi connectivity index (χ2n) is 10.4. The molecule has 4 aliphatic rings. The number of fused-ring (bicyclic) bond motifs is 4. The number of rotatable bonds is 0. The Labute approximate surface area is 166 Å². The first kappa shape index (κ1) is 18.3. The third-order valence-corrected chi connectivity index (χ3v) is 8.99. The summed E-state index contributed by atoms with van der Waals surface area (Å²) in [5, 5.41) is 24.5. The normalized spacial score (nSPS) is 40.5. The van der Waals surface area contributed by atoms with Crippen molar-refractivity contribution in [1.29, 1.82) is 0 Å². The number of nitrogens with one attached hydrogen (secondary N) is 1. The molecule has 0 saturated heterocycles. The molecule has 2 saturated carbocycles. The Bertz CT molecular complexity index is 878. The fraction of sp³-hybridized carbons (Fsp3) is 0.696. The standard InChI is InChI=1S/C23H31NO4/c1-12-5-6-17-21(2,3)18(25)7-8-22(17,4)23(12)10-14-16(28-23)9-13-15(19(14)26)11-24-20(13)27/h9,12,17-18,25-26H,5-8,10-11H2,1-4H3,(H,24,27)/t12-,17?,18-,22+,23-/m1/s1. The second-order valence-corrected chi connectivity index (χ2v) is 10.4. The molecule has 2 aliphatic carbocycles. The highest BCUT2D eigenvalue weighted by Crippen LogP contribution is 2.66. The number of aliphatic hydroxyl groups excluding tert-OH is 1. The van der Waals surface area contributed by atoms with Gasteiger partial charge in [0.05, 0.1) is 11.7 Å². The summed E-state index contributed by atoms with van der Waals surface area (Å²) in [6.07, 6.45) is 4.22. The van der Waals surface area contributed by atoms with E-state index in [0.29, 0.717) is 41.7 Å². The average molecular weight is 386 g/mol. The lowest BCUT2D eigenvalue weighted by Gasteiger charge is -2.64. The first-order valence-electron chi connectivity index (χ1n) is 10.6.